The van der Waals surface area contributed by atoms with Crippen molar-refractivity contribution in [2.24, 2.45) is 0 Å². The molecule has 1 fully saturated rings. The Morgan fingerprint density at radius 2 is 1.00 bits per heavy atom. The highest BCUT2D eigenvalue weighted by atomic mass is 31.2. The van der Waals surface area contributed by atoms with Crippen molar-refractivity contribution in [1.29, 1.82) is 0 Å². The predicted molar refractivity (Wildman–Crippen MR) is 143 cm³/mol. The lowest BCUT2D eigenvalue weighted by Gasteiger charge is -2.27. The summed E-state index contributed by atoms with van der Waals surface area (Å²) >= 11 is 0. The first kappa shape index (κ1) is 22.9. The fraction of sp³-hybridized carbons (Fsp3) is 0.100. The molecule has 0 atom stereocenters. The number of carbonyl (C=O) groups excluding carboxylic acids is 3. The molecule has 1 saturated heterocycles. The lowest BCUT2D eigenvalue weighted by molar-refractivity contribution is -0.121. The van der Waals surface area contributed by atoms with E-state index in [9.17, 15) is 14.4 Å². The summed E-state index contributed by atoms with van der Waals surface area (Å²) in [5, 5.41) is 3.32. The minimum absolute atomic E-state index is 0.0852. The Kier molecular flexibility index (Phi) is 6.39. The van der Waals surface area contributed by atoms with Crippen molar-refractivity contribution in [1.82, 2.24) is 0 Å². The normalized spacial score (nSPS) is 13.8. The molecule has 35 heavy (non-hydrogen) atoms. The van der Waals surface area contributed by atoms with Gasteiger partial charge < -0.3 is 0 Å². The van der Waals surface area contributed by atoms with Crippen LogP contribution in [0.5, 0.6) is 0 Å². The minimum atomic E-state index is -2.39. The fourth-order valence-corrected chi connectivity index (χ4v) is 8.91. The Labute approximate surface area is 205 Å². The second-order valence-corrected chi connectivity index (χ2v) is 12.0. The number of ketones is 1. The third kappa shape index (κ3) is 4.22. The fourth-order valence-electron chi connectivity index (χ4n) is 4.82. The Hall–Kier alpha value is -3.88. The largest absolute Gasteiger partial charge is 0.290 e. The number of nitrogens with zero attached hydrogens (tertiary/aromatic N) is 1. The zero-order valence-corrected chi connectivity index (χ0v) is 20.1. The van der Waals surface area contributed by atoms with E-state index in [2.05, 4.69) is 36.4 Å². The molecule has 4 aromatic rings. The summed E-state index contributed by atoms with van der Waals surface area (Å²) in [7, 11) is -2.39. The number of hydrogen-bond donors (Lipinski definition) is 0. The van der Waals surface area contributed by atoms with Crippen molar-refractivity contribution < 1.29 is 14.4 Å². The third-order valence-corrected chi connectivity index (χ3v) is 10.8. The van der Waals surface area contributed by atoms with Crippen LogP contribution in [0.25, 0.3) is 0 Å². The molecular formula is C30H25NO3P+. The second-order valence-electron chi connectivity index (χ2n) is 8.54. The molecule has 1 aliphatic rings. The Balaban J connectivity index is 1.69. The lowest BCUT2D eigenvalue weighted by atomic mass is 10.1. The monoisotopic (exact) mass is 478 g/mol. The number of amides is 2. The molecule has 0 aromatic heterocycles. The van der Waals surface area contributed by atoms with E-state index >= 15 is 0 Å². The van der Waals surface area contributed by atoms with Crippen LogP contribution in [0.3, 0.4) is 0 Å². The van der Waals surface area contributed by atoms with Crippen LogP contribution in [0.4, 0.5) is 5.69 Å². The zero-order valence-electron chi connectivity index (χ0n) is 19.2. The molecule has 5 rings (SSSR count). The van der Waals surface area contributed by atoms with Crippen molar-refractivity contribution in [3.8, 4) is 0 Å². The average molecular weight is 479 g/mol. The molecule has 0 aliphatic carbocycles. The molecule has 4 nitrogen and oxygen atoms in total. The van der Waals surface area contributed by atoms with Crippen molar-refractivity contribution in [3.63, 3.8) is 0 Å². The van der Waals surface area contributed by atoms with Crippen molar-refractivity contribution in [3.05, 3.63) is 121 Å². The van der Waals surface area contributed by atoms with Gasteiger partial charge in [-0.2, -0.15) is 0 Å². The SMILES string of the molecule is O=C(C[P+](c1ccccc1)(c1ccccc1)c1ccccc1)c1ccccc1N1C(=O)CCC1=O. The van der Waals surface area contributed by atoms with E-state index in [-0.39, 0.29) is 36.6 Å². The first-order valence-electron chi connectivity index (χ1n) is 11.6. The summed E-state index contributed by atoms with van der Waals surface area (Å²) < 4.78 is 0. The van der Waals surface area contributed by atoms with Gasteiger partial charge in [0.15, 0.2) is 0 Å². The molecule has 5 heteroatoms. The Morgan fingerprint density at radius 3 is 1.46 bits per heavy atom. The van der Waals surface area contributed by atoms with Gasteiger partial charge in [0.1, 0.15) is 29.3 Å². The van der Waals surface area contributed by atoms with Crippen LogP contribution >= 0.6 is 7.26 Å². The van der Waals surface area contributed by atoms with Crippen LogP contribution in [0, 0.1) is 0 Å². The van der Waals surface area contributed by atoms with Gasteiger partial charge in [0.25, 0.3) is 0 Å². The quantitative estimate of drug-likeness (QED) is 0.223. The van der Waals surface area contributed by atoms with Gasteiger partial charge in [0.05, 0.1) is 5.69 Å². The highest BCUT2D eigenvalue weighted by molar-refractivity contribution is 7.96. The molecular weight excluding hydrogens is 453 g/mol. The molecule has 2 amide bonds. The maximum absolute atomic E-state index is 14.1. The summed E-state index contributed by atoms with van der Waals surface area (Å²) in [5.41, 5.74) is 0.792. The Bertz CT molecular complexity index is 1260. The number of rotatable bonds is 7. The van der Waals surface area contributed by atoms with Crippen molar-refractivity contribution >= 4 is 46.5 Å². The first-order chi connectivity index (χ1) is 17.1. The van der Waals surface area contributed by atoms with E-state index in [1.54, 1.807) is 24.3 Å². The summed E-state index contributed by atoms with van der Waals surface area (Å²) in [6.07, 6.45) is 0.602. The molecule has 0 spiro atoms. The van der Waals surface area contributed by atoms with Gasteiger partial charge in [-0.15, -0.1) is 0 Å². The van der Waals surface area contributed by atoms with E-state index in [0.29, 0.717) is 11.3 Å². The summed E-state index contributed by atoms with van der Waals surface area (Å²) in [4.78, 5) is 40.4. The molecule has 0 N–H and O–H groups in total. The third-order valence-electron chi connectivity index (χ3n) is 6.47. The topological polar surface area (TPSA) is 54.5 Å². The molecule has 1 heterocycles. The molecule has 172 valence electrons. The highest BCUT2D eigenvalue weighted by Crippen LogP contribution is 2.55. The molecule has 0 radical (unpaired) electrons. The van der Waals surface area contributed by atoms with Crippen LogP contribution < -0.4 is 20.8 Å². The van der Waals surface area contributed by atoms with Gasteiger partial charge in [-0.3, -0.25) is 14.4 Å². The van der Waals surface area contributed by atoms with Crippen LogP contribution in [0.2, 0.25) is 0 Å². The maximum atomic E-state index is 14.1. The van der Waals surface area contributed by atoms with E-state index in [4.69, 9.17) is 0 Å². The Morgan fingerprint density at radius 1 is 0.600 bits per heavy atom. The molecule has 4 aromatic carbocycles. The number of carbonyl (C=O) groups is 3. The van der Waals surface area contributed by atoms with Crippen LogP contribution in [-0.4, -0.2) is 23.8 Å². The van der Waals surface area contributed by atoms with E-state index in [1.165, 1.54) is 4.90 Å². The predicted octanol–water partition coefficient (Wildman–Crippen LogP) is 4.52. The molecule has 1 aliphatic heterocycles. The van der Waals surface area contributed by atoms with Crippen molar-refractivity contribution in [2.75, 3.05) is 11.1 Å². The first-order valence-corrected chi connectivity index (χ1v) is 13.6. The standard InChI is InChI=1S/C30H25NO3P/c32-28(26-18-10-11-19-27(26)31-29(33)20-21-30(31)34)22-35(23-12-4-1-5-13-23,24-14-6-2-7-15-24)25-16-8-3-9-17-25/h1-19H,20-22H2/q+1. The summed E-state index contributed by atoms with van der Waals surface area (Å²) in [6.45, 7) is 0. The van der Waals surface area contributed by atoms with Crippen molar-refractivity contribution in [2.45, 2.75) is 12.8 Å². The van der Waals surface area contributed by atoms with Crippen LogP contribution in [-0.2, 0) is 9.59 Å². The maximum Gasteiger partial charge on any atom is 0.234 e. The molecule has 0 saturated carbocycles. The van der Waals surface area contributed by atoms with Gasteiger partial charge in [-0.05, 0) is 48.5 Å². The number of hydrogen-bond acceptors (Lipinski definition) is 3. The summed E-state index contributed by atoms with van der Waals surface area (Å²) in [5.74, 6) is -0.603. The van der Waals surface area contributed by atoms with Gasteiger partial charge in [0, 0.05) is 18.4 Å². The van der Waals surface area contributed by atoms with E-state index < -0.39 is 7.26 Å². The van der Waals surface area contributed by atoms with Gasteiger partial charge >= 0.3 is 0 Å². The van der Waals surface area contributed by atoms with Crippen LogP contribution in [0.1, 0.15) is 23.2 Å². The van der Waals surface area contributed by atoms with Gasteiger partial charge in [-0.25, -0.2) is 4.90 Å². The smallest absolute Gasteiger partial charge is 0.234 e. The number of imide groups is 1. The number of anilines is 1. The van der Waals surface area contributed by atoms with E-state index in [1.807, 2.05) is 54.6 Å². The number of Topliss-reactive ketones (excluding diaryl/α,β-unsaturated/α-hetero) is 1. The number of para-hydroxylation sites is 1. The zero-order chi connectivity index (χ0) is 24.3. The van der Waals surface area contributed by atoms with Gasteiger partial charge in [0.2, 0.25) is 17.6 Å². The lowest BCUT2D eigenvalue weighted by Crippen LogP contribution is -2.36. The minimum Gasteiger partial charge on any atom is -0.290 e. The second kappa shape index (κ2) is 9.77. The summed E-state index contributed by atoms with van der Waals surface area (Å²) in [6, 6.07) is 37.6. The molecule has 0 bridgehead atoms. The average Bonchev–Trinajstić information content (AvgIpc) is 3.26. The number of benzene rings is 4. The van der Waals surface area contributed by atoms with Gasteiger partial charge in [-0.1, -0.05) is 66.7 Å². The highest BCUT2D eigenvalue weighted by Gasteiger charge is 2.48. The molecule has 0 unspecified atom stereocenters. The van der Waals surface area contributed by atoms with E-state index in [0.717, 1.165) is 15.9 Å². The van der Waals surface area contributed by atoms with Crippen LogP contribution in [0.15, 0.2) is 115 Å².